The van der Waals surface area contributed by atoms with Crippen LogP contribution in [0.3, 0.4) is 0 Å². The van der Waals surface area contributed by atoms with E-state index in [9.17, 15) is 28.1 Å². The lowest BCUT2D eigenvalue weighted by Gasteiger charge is -2.10. The number of ether oxygens (including phenoxy) is 1. The maximum Gasteiger partial charge on any atom is 0.423 e. The van der Waals surface area contributed by atoms with Gasteiger partial charge in [-0.05, 0) is 13.0 Å². The quantitative estimate of drug-likeness (QED) is 0.484. The standard InChI is InChI=1S/C11H7F3N2O4/c1-2-20-10(17)7-4-9(16(18)19)8(11(12,13)14)3-6(7)5-15/h3-4H,2H2,1H3. The van der Waals surface area contributed by atoms with Gasteiger partial charge < -0.3 is 4.74 Å². The summed E-state index contributed by atoms with van der Waals surface area (Å²) in [4.78, 5) is 20.9. The molecule has 0 unspecified atom stereocenters. The average Bonchev–Trinajstić information content (AvgIpc) is 2.36. The fourth-order valence-electron chi connectivity index (χ4n) is 1.44. The number of nitrogens with zero attached hydrogens (tertiary/aromatic N) is 2. The summed E-state index contributed by atoms with van der Waals surface area (Å²) in [6, 6.07) is 2.06. The molecule has 1 rings (SSSR count). The van der Waals surface area contributed by atoms with Crippen LogP contribution in [0.4, 0.5) is 18.9 Å². The lowest BCUT2D eigenvalue weighted by atomic mass is 10.0. The summed E-state index contributed by atoms with van der Waals surface area (Å²) in [5.41, 5.74) is -4.11. The van der Waals surface area contributed by atoms with E-state index in [2.05, 4.69) is 4.74 Å². The summed E-state index contributed by atoms with van der Waals surface area (Å²) in [6.45, 7) is 1.36. The predicted molar refractivity (Wildman–Crippen MR) is 58.8 cm³/mol. The first kappa shape index (κ1) is 15.4. The minimum absolute atomic E-state index is 0.0848. The van der Waals surface area contributed by atoms with Crippen molar-refractivity contribution in [3.05, 3.63) is 38.9 Å². The van der Waals surface area contributed by atoms with Gasteiger partial charge in [-0.3, -0.25) is 10.1 Å². The van der Waals surface area contributed by atoms with Crippen molar-refractivity contribution in [1.29, 1.82) is 5.26 Å². The highest BCUT2D eigenvalue weighted by atomic mass is 19.4. The molecule has 0 bridgehead atoms. The van der Waals surface area contributed by atoms with Crippen molar-refractivity contribution >= 4 is 11.7 Å². The third-order valence-electron chi connectivity index (χ3n) is 2.25. The molecule has 0 N–H and O–H groups in total. The minimum Gasteiger partial charge on any atom is -0.462 e. The van der Waals surface area contributed by atoms with E-state index in [4.69, 9.17) is 5.26 Å². The SMILES string of the molecule is CCOC(=O)c1cc([N+](=O)[O-])c(C(F)(F)F)cc1C#N. The van der Waals surface area contributed by atoms with Crippen LogP contribution in [0.2, 0.25) is 0 Å². The third-order valence-corrected chi connectivity index (χ3v) is 2.25. The molecule has 0 spiro atoms. The second-order valence-electron chi connectivity index (χ2n) is 3.50. The van der Waals surface area contributed by atoms with Gasteiger partial charge in [-0.2, -0.15) is 18.4 Å². The molecule has 0 atom stereocenters. The van der Waals surface area contributed by atoms with E-state index in [1.165, 1.54) is 13.0 Å². The molecule has 0 saturated heterocycles. The van der Waals surface area contributed by atoms with Crippen molar-refractivity contribution < 1.29 is 27.6 Å². The maximum absolute atomic E-state index is 12.7. The fourth-order valence-corrected chi connectivity index (χ4v) is 1.44. The van der Waals surface area contributed by atoms with Gasteiger partial charge in [0.1, 0.15) is 11.6 Å². The number of nitro groups is 1. The number of rotatable bonds is 3. The number of benzene rings is 1. The van der Waals surface area contributed by atoms with Gasteiger partial charge >= 0.3 is 12.1 Å². The van der Waals surface area contributed by atoms with Crippen LogP contribution >= 0.6 is 0 Å². The molecule has 0 amide bonds. The number of hydrogen-bond donors (Lipinski definition) is 0. The summed E-state index contributed by atoms with van der Waals surface area (Å²) in [5, 5.41) is 19.4. The van der Waals surface area contributed by atoms with Crippen molar-refractivity contribution in [1.82, 2.24) is 0 Å². The Labute approximate surface area is 110 Å². The molecule has 6 nitrogen and oxygen atoms in total. The lowest BCUT2D eigenvalue weighted by molar-refractivity contribution is -0.388. The second-order valence-corrected chi connectivity index (χ2v) is 3.50. The molecule has 0 aromatic heterocycles. The Kier molecular flexibility index (Phi) is 4.29. The van der Waals surface area contributed by atoms with E-state index in [0.29, 0.717) is 6.07 Å². The first-order valence-corrected chi connectivity index (χ1v) is 5.19. The molecule has 1 aromatic carbocycles. The molecule has 20 heavy (non-hydrogen) atoms. The van der Waals surface area contributed by atoms with Crippen LogP contribution in [0.5, 0.6) is 0 Å². The molecule has 0 heterocycles. The molecule has 0 saturated carbocycles. The number of carbonyl (C=O) groups excluding carboxylic acids is 1. The van der Waals surface area contributed by atoms with E-state index in [1.807, 2.05) is 0 Å². The smallest absolute Gasteiger partial charge is 0.423 e. The zero-order valence-corrected chi connectivity index (χ0v) is 10.0. The summed E-state index contributed by atoms with van der Waals surface area (Å²) in [7, 11) is 0. The largest absolute Gasteiger partial charge is 0.462 e. The summed E-state index contributed by atoms with van der Waals surface area (Å²) >= 11 is 0. The van der Waals surface area contributed by atoms with Crippen molar-refractivity contribution in [2.45, 2.75) is 13.1 Å². The highest BCUT2D eigenvalue weighted by Gasteiger charge is 2.40. The van der Waals surface area contributed by atoms with Gasteiger partial charge in [0.25, 0.3) is 5.69 Å². The van der Waals surface area contributed by atoms with Crippen LogP contribution in [0.15, 0.2) is 12.1 Å². The Balaban J connectivity index is 3.59. The predicted octanol–water partition coefficient (Wildman–Crippen LogP) is 2.66. The molecule has 0 fully saturated rings. The number of alkyl halides is 3. The minimum atomic E-state index is -5.01. The first-order chi connectivity index (χ1) is 9.22. The van der Waals surface area contributed by atoms with Crippen LogP contribution in [-0.4, -0.2) is 17.5 Å². The van der Waals surface area contributed by atoms with Crippen LogP contribution in [0.1, 0.15) is 28.4 Å². The Hall–Kier alpha value is -2.63. The number of nitriles is 1. The highest BCUT2D eigenvalue weighted by Crippen LogP contribution is 2.37. The van der Waals surface area contributed by atoms with E-state index < -0.39 is 39.4 Å². The molecule has 106 valence electrons. The van der Waals surface area contributed by atoms with E-state index in [1.54, 1.807) is 0 Å². The van der Waals surface area contributed by atoms with Crippen LogP contribution in [0, 0.1) is 21.4 Å². The normalized spacial score (nSPS) is 10.8. The van der Waals surface area contributed by atoms with E-state index >= 15 is 0 Å². The summed E-state index contributed by atoms with van der Waals surface area (Å²) in [6.07, 6.45) is -5.01. The number of hydrogen-bond acceptors (Lipinski definition) is 5. The summed E-state index contributed by atoms with van der Waals surface area (Å²) < 4.78 is 42.6. The maximum atomic E-state index is 12.7. The van der Waals surface area contributed by atoms with Crippen molar-refractivity contribution in [3.8, 4) is 6.07 Å². The molecule has 0 aliphatic carbocycles. The number of halogens is 3. The van der Waals surface area contributed by atoms with Gasteiger partial charge in [0.15, 0.2) is 0 Å². The Morgan fingerprint density at radius 2 is 2.10 bits per heavy atom. The molecule has 0 radical (unpaired) electrons. The molecule has 0 aliphatic heterocycles. The molecule has 9 heteroatoms. The van der Waals surface area contributed by atoms with Crippen LogP contribution in [0.25, 0.3) is 0 Å². The van der Waals surface area contributed by atoms with Crippen molar-refractivity contribution in [3.63, 3.8) is 0 Å². The van der Waals surface area contributed by atoms with Crippen molar-refractivity contribution in [2.24, 2.45) is 0 Å². The number of esters is 1. The van der Waals surface area contributed by atoms with Gasteiger partial charge in [0, 0.05) is 6.07 Å². The third kappa shape index (κ3) is 3.03. The average molecular weight is 288 g/mol. The van der Waals surface area contributed by atoms with Gasteiger partial charge in [-0.25, -0.2) is 4.79 Å². The van der Waals surface area contributed by atoms with Gasteiger partial charge in [0.05, 0.1) is 22.7 Å². The molecule has 0 aliphatic rings. The second kappa shape index (κ2) is 5.56. The first-order valence-electron chi connectivity index (χ1n) is 5.19. The number of carbonyl (C=O) groups is 1. The van der Waals surface area contributed by atoms with Gasteiger partial charge in [0.2, 0.25) is 0 Å². The molecule has 1 aromatic rings. The Morgan fingerprint density at radius 3 is 2.50 bits per heavy atom. The Bertz CT molecular complexity index is 605. The molecular formula is C11H7F3N2O4. The van der Waals surface area contributed by atoms with Crippen LogP contribution in [-0.2, 0) is 10.9 Å². The molecular weight excluding hydrogens is 281 g/mol. The van der Waals surface area contributed by atoms with Gasteiger partial charge in [-0.15, -0.1) is 0 Å². The summed E-state index contributed by atoms with van der Waals surface area (Å²) in [5.74, 6) is -1.10. The zero-order valence-electron chi connectivity index (χ0n) is 10.0. The Morgan fingerprint density at radius 1 is 1.50 bits per heavy atom. The van der Waals surface area contributed by atoms with Crippen molar-refractivity contribution in [2.75, 3.05) is 6.61 Å². The number of nitro benzene ring substituents is 1. The lowest BCUT2D eigenvalue weighted by Crippen LogP contribution is -2.13. The highest BCUT2D eigenvalue weighted by molar-refractivity contribution is 5.93. The van der Waals surface area contributed by atoms with E-state index in [0.717, 1.165) is 0 Å². The monoisotopic (exact) mass is 288 g/mol. The topological polar surface area (TPSA) is 93.2 Å². The van der Waals surface area contributed by atoms with Crippen LogP contribution < -0.4 is 0 Å². The zero-order chi connectivity index (χ0) is 15.5. The fraction of sp³-hybridized carbons (Fsp3) is 0.273. The van der Waals surface area contributed by atoms with Gasteiger partial charge in [-0.1, -0.05) is 0 Å². The van der Waals surface area contributed by atoms with E-state index in [-0.39, 0.29) is 12.7 Å².